The third-order valence-electron chi connectivity index (χ3n) is 24.4. The van der Waals surface area contributed by atoms with Gasteiger partial charge in [0, 0.05) is 154 Å². The van der Waals surface area contributed by atoms with Crippen molar-refractivity contribution in [1.82, 2.24) is 87.2 Å². The number of fused-ring (bicyclic) bond motifs is 12. The van der Waals surface area contributed by atoms with Gasteiger partial charge in [0.15, 0.2) is 0 Å². The largest absolute Gasteiger partial charge is 2.00 e. The smallest absolute Gasteiger partial charge is 0.367 e. The summed E-state index contributed by atoms with van der Waals surface area (Å²) in [6.07, 6.45) is 16.6. The van der Waals surface area contributed by atoms with Crippen LogP contribution in [0.2, 0.25) is 0 Å². The van der Waals surface area contributed by atoms with Gasteiger partial charge in [-0.25, -0.2) is 24.9 Å². The SMILES string of the molecule is Cn1c(-c2[c-]c3c(cc2)c2cc(-c4nccs4)ccc2n3-c2[c-]c(-c3ccc(-c4nccs4)cn3)ccc2)nc2ccccc21.Cn1c(-c2[c-]c3c(cc2)c2cc(-c4nccs4)ccc2n3-c2[c-]c(-c3ccccn3)ccc2)nc2ccc(-c3nccs3)cc21.Cn1c(-c2[c-]c3c(cc2)c2ccccc2n3-c2[c-]c(-c3ccc(-c4nccs4)cn3)ccc2-c2nccs2)nc2ccccc21.[Pt+2].[Pt+2].[Pt+2]. The number of nitrogens with zero attached hydrogens (tertiary/aromatic N) is 18. The van der Waals surface area contributed by atoms with Crippen molar-refractivity contribution in [2.75, 3.05) is 0 Å². The molecule has 15 heterocycles. The molecule has 0 radical (unpaired) electrons. The third kappa shape index (κ3) is 16.1. The maximum absolute atomic E-state index is 5.05. The molecule has 0 bridgehead atoms. The van der Waals surface area contributed by atoms with Crippen molar-refractivity contribution in [1.29, 1.82) is 0 Å². The van der Waals surface area contributed by atoms with Crippen LogP contribution in [0.5, 0.6) is 0 Å². The first-order valence-electron chi connectivity index (χ1n) is 43.3. The van der Waals surface area contributed by atoms with Crippen molar-refractivity contribution in [3.05, 3.63) is 379 Å². The average Bonchev–Trinajstić information content (AvgIpc) is 1.58. The zero-order valence-corrected chi connectivity index (χ0v) is 84.6. The number of rotatable bonds is 15. The molecule has 27 rings (SSSR count). The average molecular weight is 2430 g/mol. The number of hydrogen-bond acceptors (Lipinski definition) is 18. The van der Waals surface area contributed by atoms with Crippen molar-refractivity contribution in [2.24, 2.45) is 21.1 Å². The van der Waals surface area contributed by atoms with Gasteiger partial charge < -0.3 is 42.4 Å². The Hall–Kier alpha value is -14.3. The predicted molar refractivity (Wildman–Crippen MR) is 551 cm³/mol. The van der Waals surface area contributed by atoms with E-state index in [0.717, 1.165) is 247 Å². The van der Waals surface area contributed by atoms with E-state index in [0.29, 0.717) is 0 Å². The van der Waals surface area contributed by atoms with Gasteiger partial charge in [0.25, 0.3) is 0 Å². The maximum Gasteiger partial charge on any atom is 2.00 e. The second kappa shape index (κ2) is 37.7. The molecule has 27 aromatic rings. The minimum absolute atomic E-state index is 0. The summed E-state index contributed by atoms with van der Waals surface area (Å²) < 4.78 is 13.2. The molecular weight excluding hydrogens is 2360 g/mol. The van der Waals surface area contributed by atoms with Gasteiger partial charge in [-0.2, -0.15) is 0 Å². The van der Waals surface area contributed by atoms with E-state index in [4.69, 9.17) is 29.9 Å². The normalized spacial score (nSPS) is 11.4. The van der Waals surface area contributed by atoms with E-state index >= 15 is 0 Å². The number of para-hydroxylation sites is 5. The van der Waals surface area contributed by atoms with Crippen LogP contribution in [0.25, 0.3) is 247 Å². The quantitative estimate of drug-likeness (QED) is 0.0886. The number of aromatic nitrogens is 18. The first-order valence-corrected chi connectivity index (χ1v) is 48.6. The van der Waals surface area contributed by atoms with Gasteiger partial charge in [-0.3, -0.25) is 19.9 Å². The molecule has 0 aliphatic rings. The standard InChI is InChI=1S/3C37H22N6S2.3Pt/c1-42-32-9-5-3-7-30(32)41-35(42)24-11-13-27-26-6-2-4-8-31(26)43(33(27)21-24)34-20-23(10-14-28(34)37-39-17-19-45-37)29-15-12-25(22-40-29)36-38-16-18-44-36;1-42-34-22-26(37-40-16-18-45-37)9-12-31(34)41-35(42)24-8-11-28-29-20-25(36-39-15-17-44-36)10-13-32(29)43(33(28)21-24)27-6-4-5-23(19-27)30-7-2-3-14-38-30;1-42-33-8-3-2-7-31(33)41-35(42)24-9-12-28-29-20-25(36-38-15-17-44-36)11-14-32(29)43(34(28)21-24)27-6-4-5-23(19-27)30-13-10-26(22-40-30)37-39-16-18-45-37;;;/h2-19,22H,1H3;2*2-18,20,22H,1H3;;;/q3*-2;3*+2. The monoisotopic (exact) mass is 2430 g/mol. The van der Waals surface area contributed by atoms with Crippen LogP contribution in [0.3, 0.4) is 0 Å². The molecule has 0 N–H and O–H groups in total. The van der Waals surface area contributed by atoms with Gasteiger partial charge in [-0.05, 0) is 151 Å². The molecule has 138 heavy (non-hydrogen) atoms. The molecule has 0 spiro atoms. The van der Waals surface area contributed by atoms with Crippen molar-refractivity contribution in [2.45, 2.75) is 0 Å². The van der Waals surface area contributed by atoms with Gasteiger partial charge in [-0.1, -0.05) is 107 Å². The summed E-state index contributed by atoms with van der Waals surface area (Å²) in [6.45, 7) is 0. The molecule has 0 aliphatic carbocycles. The second-order valence-corrected chi connectivity index (χ2v) is 37.6. The Morgan fingerprint density at radius 2 is 0.616 bits per heavy atom. The van der Waals surface area contributed by atoms with Crippen LogP contribution in [0.15, 0.2) is 343 Å². The molecule has 666 valence electrons. The Balaban J connectivity index is 0.000000118. The van der Waals surface area contributed by atoms with Crippen molar-refractivity contribution < 1.29 is 63.2 Å². The Morgan fingerprint density at radius 1 is 0.239 bits per heavy atom. The summed E-state index contributed by atoms with van der Waals surface area (Å²) in [7, 11) is 6.18. The number of hydrogen-bond donors (Lipinski definition) is 0. The molecule has 0 amide bonds. The zero-order chi connectivity index (χ0) is 89.7. The number of imidazole rings is 3. The molecule has 12 aromatic carbocycles. The molecule has 0 fully saturated rings. The molecule has 0 unspecified atom stereocenters. The van der Waals surface area contributed by atoms with Crippen molar-refractivity contribution in [3.8, 4) is 148 Å². The van der Waals surface area contributed by atoms with Gasteiger partial charge in [0.05, 0.1) is 55.6 Å². The van der Waals surface area contributed by atoms with Crippen LogP contribution in [-0.2, 0) is 84.3 Å². The molecule has 0 aliphatic heterocycles. The minimum atomic E-state index is 0. The number of pyridine rings is 3. The van der Waals surface area contributed by atoms with E-state index in [1.165, 1.54) is 0 Å². The first-order chi connectivity index (χ1) is 66.6. The fourth-order valence-electron chi connectivity index (χ4n) is 18.0. The van der Waals surface area contributed by atoms with Crippen LogP contribution in [0.4, 0.5) is 0 Å². The van der Waals surface area contributed by atoms with Crippen LogP contribution in [-0.4, -0.2) is 87.2 Å². The van der Waals surface area contributed by atoms with Crippen LogP contribution < -0.4 is 0 Å². The Labute approximate surface area is 857 Å². The molecule has 15 aromatic heterocycles. The Kier molecular flexibility index (Phi) is 24.3. The van der Waals surface area contributed by atoms with E-state index in [9.17, 15) is 0 Å². The summed E-state index contributed by atoms with van der Waals surface area (Å²) in [4.78, 5) is 56.4. The van der Waals surface area contributed by atoms with E-state index in [1.807, 2.05) is 155 Å². The summed E-state index contributed by atoms with van der Waals surface area (Å²) in [6, 6.07) is 110. The molecule has 18 nitrogen and oxygen atoms in total. The van der Waals surface area contributed by atoms with Crippen molar-refractivity contribution in [3.63, 3.8) is 0 Å². The number of aryl methyl sites for hydroxylation is 3. The van der Waals surface area contributed by atoms with E-state index in [1.54, 1.807) is 68.0 Å². The van der Waals surface area contributed by atoms with Crippen LogP contribution in [0.1, 0.15) is 0 Å². The van der Waals surface area contributed by atoms with E-state index in [2.05, 4.69) is 303 Å². The molecule has 27 heteroatoms. The molecule has 0 saturated heterocycles. The maximum atomic E-state index is 5.05. The summed E-state index contributed by atoms with van der Waals surface area (Å²) >= 11 is 9.75. The Bertz CT molecular complexity index is 9170. The third-order valence-corrected chi connectivity index (χ3v) is 29.3. The van der Waals surface area contributed by atoms with Gasteiger partial charge >= 0.3 is 63.2 Å². The zero-order valence-electron chi connectivity index (χ0n) is 72.9. The van der Waals surface area contributed by atoms with E-state index < -0.39 is 0 Å². The molecule has 0 saturated carbocycles. The molecular formula is C111H66N18Pt3S6. The fraction of sp³-hybridized carbons (Fsp3) is 0.0270. The second-order valence-electron chi connectivity index (χ2n) is 32.2. The van der Waals surface area contributed by atoms with Crippen molar-refractivity contribution >= 4 is 167 Å². The number of benzene rings is 12. The summed E-state index contributed by atoms with van der Waals surface area (Å²) in [5.41, 5.74) is 29.3. The Morgan fingerprint density at radius 3 is 1.07 bits per heavy atom. The summed E-state index contributed by atoms with van der Waals surface area (Å²) in [5, 5.41) is 24.6. The molecule has 0 atom stereocenters. The fourth-order valence-corrected chi connectivity index (χ4v) is 21.9. The van der Waals surface area contributed by atoms with Gasteiger partial charge in [0.1, 0.15) is 25.0 Å². The van der Waals surface area contributed by atoms with Crippen LogP contribution in [0, 0.1) is 36.4 Å². The van der Waals surface area contributed by atoms with Crippen LogP contribution >= 0.6 is 68.0 Å². The minimum Gasteiger partial charge on any atom is -0.367 e. The van der Waals surface area contributed by atoms with E-state index in [-0.39, 0.29) is 63.2 Å². The first kappa shape index (κ1) is 89.0. The van der Waals surface area contributed by atoms with Gasteiger partial charge in [-0.15, -0.1) is 223 Å². The predicted octanol–water partition coefficient (Wildman–Crippen LogP) is 27.7. The number of thiazole rings is 6. The topological polar surface area (TPSA) is 184 Å². The van der Waals surface area contributed by atoms with Gasteiger partial charge in [0.2, 0.25) is 0 Å². The summed E-state index contributed by atoms with van der Waals surface area (Å²) in [5.74, 6) is 2.60.